The SMILES string of the molecule is Nc1c(NC2CCCCC2)c(-c2ccccc2)nn1-c1ccc([N+](=O)[O-])cc1. The maximum atomic E-state index is 10.9. The van der Waals surface area contributed by atoms with Gasteiger partial charge in [0, 0.05) is 23.7 Å². The first-order valence-electron chi connectivity index (χ1n) is 9.59. The molecule has 0 unspecified atom stereocenters. The molecule has 0 spiro atoms. The van der Waals surface area contributed by atoms with E-state index in [1.165, 1.54) is 31.4 Å². The molecule has 144 valence electrons. The Bertz CT molecular complexity index is 960. The minimum atomic E-state index is -0.415. The van der Waals surface area contributed by atoms with E-state index in [-0.39, 0.29) is 5.69 Å². The molecular weight excluding hydrogens is 354 g/mol. The molecule has 1 aliphatic carbocycles. The number of nitro groups is 1. The van der Waals surface area contributed by atoms with E-state index in [4.69, 9.17) is 10.8 Å². The van der Waals surface area contributed by atoms with Crippen molar-refractivity contribution in [2.24, 2.45) is 0 Å². The molecule has 0 bridgehead atoms. The number of nitrogens with zero attached hydrogens (tertiary/aromatic N) is 3. The zero-order valence-electron chi connectivity index (χ0n) is 15.5. The molecule has 1 aromatic heterocycles. The Balaban J connectivity index is 1.76. The lowest BCUT2D eigenvalue weighted by molar-refractivity contribution is -0.384. The molecule has 7 heteroatoms. The van der Waals surface area contributed by atoms with Crippen LogP contribution in [0.3, 0.4) is 0 Å². The van der Waals surface area contributed by atoms with Gasteiger partial charge in [0.1, 0.15) is 11.4 Å². The van der Waals surface area contributed by atoms with Crippen molar-refractivity contribution in [3.63, 3.8) is 0 Å². The summed E-state index contributed by atoms with van der Waals surface area (Å²) >= 11 is 0. The van der Waals surface area contributed by atoms with Gasteiger partial charge in [0.2, 0.25) is 0 Å². The predicted octanol–water partition coefficient (Wildman–Crippen LogP) is 4.77. The van der Waals surface area contributed by atoms with Crippen molar-refractivity contribution in [3.05, 3.63) is 64.7 Å². The highest BCUT2D eigenvalue weighted by atomic mass is 16.6. The van der Waals surface area contributed by atoms with E-state index in [0.717, 1.165) is 29.8 Å². The number of rotatable bonds is 5. The Morgan fingerprint density at radius 2 is 1.71 bits per heavy atom. The molecule has 0 radical (unpaired) electrons. The second-order valence-corrected chi connectivity index (χ2v) is 7.14. The van der Waals surface area contributed by atoms with E-state index in [0.29, 0.717) is 17.5 Å². The second kappa shape index (κ2) is 7.72. The third-order valence-electron chi connectivity index (χ3n) is 5.23. The van der Waals surface area contributed by atoms with Crippen molar-refractivity contribution < 1.29 is 4.92 Å². The van der Waals surface area contributed by atoms with Crippen LogP contribution in [0.5, 0.6) is 0 Å². The van der Waals surface area contributed by atoms with Crippen LogP contribution < -0.4 is 11.1 Å². The average molecular weight is 377 g/mol. The molecular formula is C21H23N5O2. The number of nitrogens with one attached hydrogen (secondary N) is 1. The van der Waals surface area contributed by atoms with Crippen LogP contribution in [0.15, 0.2) is 54.6 Å². The van der Waals surface area contributed by atoms with Gasteiger partial charge in [-0.15, -0.1) is 0 Å². The Morgan fingerprint density at radius 3 is 2.36 bits per heavy atom. The van der Waals surface area contributed by atoms with Crippen molar-refractivity contribution in [1.82, 2.24) is 9.78 Å². The molecule has 4 rings (SSSR count). The number of hydrogen-bond acceptors (Lipinski definition) is 5. The lowest BCUT2D eigenvalue weighted by atomic mass is 9.95. The Hall–Kier alpha value is -3.35. The first-order chi connectivity index (χ1) is 13.6. The summed E-state index contributed by atoms with van der Waals surface area (Å²) in [6.45, 7) is 0. The largest absolute Gasteiger partial charge is 0.382 e. The minimum Gasteiger partial charge on any atom is -0.382 e. The quantitative estimate of drug-likeness (QED) is 0.493. The van der Waals surface area contributed by atoms with Gasteiger partial charge in [-0.2, -0.15) is 5.10 Å². The minimum absolute atomic E-state index is 0.0401. The standard InChI is InChI=1S/C21H23N5O2/c22-21-20(23-16-9-5-2-6-10-16)19(15-7-3-1-4-8-15)24-25(21)17-11-13-18(14-12-17)26(27)28/h1,3-4,7-8,11-14,16,23H,2,5-6,9-10,22H2. The number of nitrogens with two attached hydrogens (primary N) is 1. The van der Waals surface area contributed by atoms with Crippen LogP contribution in [0.1, 0.15) is 32.1 Å². The van der Waals surface area contributed by atoms with E-state index in [1.54, 1.807) is 16.8 Å². The fraction of sp³-hybridized carbons (Fsp3) is 0.286. The molecule has 1 saturated carbocycles. The molecule has 3 N–H and O–H groups in total. The zero-order chi connectivity index (χ0) is 19.5. The van der Waals surface area contributed by atoms with Crippen LogP contribution in [0.25, 0.3) is 16.9 Å². The van der Waals surface area contributed by atoms with Crippen LogP contribution in [0.4, 0.5) is 17.2 Å². The zero-order valence-corrected chi connectivity index (χ0v) is 15.5. The third kappa shape index (κ3) is 3.55. The normalized spacial score (nSPS) is 14.7. The van der Waals surface area contributed by atoms with Gasteiger partial charge < -0.3 is 11.1 Å². The van der Waals surface area contributed by atoms with Gasteiger partial charge in [-0.05, 0) is 25.0 Å². The number of nitrogen functional groups attached to an aromatic ring is 1. The molecule has 1 fully saturated rings. The summed E-state index contributed by atoms with van der Waals surface area (Å²) in [4.78, 5) is 10.5. The summed E-state index contributed by atoms with van der Waals surface area (Å²) in [6.07, 6.45) is 5.96. The van der Waals surface area contributed by atoms with Crippen molar-refractivity contribution >= 4 is 17.2 Å². The molecule has 0 aliphatic heterocycles. The maximum absolute atomic E-state index is 10.9. The van der Waals surface area contributed by atoms with Crippen LogP contribution in [0.2, 0.25) is 0 Å². The number of nitro benzene ring substituents is 1. The Kier molecular flexibility index (Phi) is 4.97. The molecule has 28 heavy (non-hydrogen) atoms. The molecule has 1 aliphatic rings. The van der Waals surface area contributed by atoms with E-state index >= 15 is 0 Å². The highest BCUT2D eigenvalue weighted by Crippen LogP contribution is 2.36. The lowest BCUT2D eigenvalue weighted by Crippen LogP contribution is -2.23. The Labute approximate surface area is 163 Å². The van der Waals surface area contributed by atoms with Gasteiger partial charge >= 0.3 is 0 Å². The highest BCUT2D eigenvalue weighted by Gasteiger charge is 2.22. The van der Waals surface area contributed by atoms with Gasteiger partial charge in [-0.25, -0.2) is 4.68 Å². The second-order valence-electron chi connectivity index (χ2n) is 7.14. The van der Waals surface area contributed by atoms with Gasteiger partial charge in [0.15, 0.2) is 5.82 Å². The van der Waals surface area contributed by atoms with Crippen LogP contribution >= 0.6 is 0 Å². The summed E-state index contributed by atoms with van der Waals surface area (Å²) in [5.41, 5.74) is 9.83. The average Bonchev–Trinajstić information content (AvgIpc) is 3.06. The topological polar surface area (TPSA) is 99.0 Å². The molecule has 0 amide bonds. The summed E-state index contributed by atoms with van der Waals surface area (Å²) in [7, 11) is 0. The highest BCUT2D eigenvalue weighted by molar-refractivity contribution is 5.83. The smallest absolute Gasteiger partial charge is 0.269 e. The van der Waals surface area contributed by atoms with Crippen molar-refractivity contribution in [2.45, 2.75) is 38.1 Å². The van der Waals surface area contributed by atoms with Crippen LogP contribution in [-0.2, 0) is 0 Å². The molecule has 3 aromatic rings. The predicted molar refractivity (Wildman–Crippen MR) is 111 cm³/mol. The summed E-state index contributed by atoms with van der Waals surface area (Å²) in [6, 6.07) is 16.6. The lowest BCUT2D eigenvalue weighted by Gasteiger charge is -2.24. The third-order valence-corrected chi connectivity index (χ3v) is 5.23. The first-order valence-corrected chi connectivity index (χ1v) is 9.59. The van der Waals surface area contributed by atoms with Gasteiger partial charge in [-0.3, -0.25) is 10.1 Å². The van der Waals surface area contributed by atoms with E-state index in [2.05, 4.69) is 5.32 Å². The molecule has 2 aromatic carbocycles. The maximum Gasteiger partial charge on any atom is 0.269 e. The number of aromatic nitrogens is 2. The number of anilines is 2. The van der Waals surface area contributed by atoms with Crippen molar-refractivity contribution in [3.8, 4) is 16.9 Å². The van der Waals surface area contributed by atoms with E-state index < -0.39 is 4.92 Å². The Morgan fingerprint density at radius 1 is 1.04 bits per heavy atom. The molecule has 7 nitrogen and oxygen atoms in total. The fourth-order valence-corrected chi connectivity index (χ4v) is 3.73. The van der Waals surface area contributed by atoms with E-state index in [1.807, 2.05) is 30.3 Å². The molecule has 0 atom stereocenters. The monoisotopic (exact) mass is 377 g/mol. The molecule has 0 saturated heterocycles. The molecule has 1 heterocycles. The van der Waals surface area contributed by atoms with Crippen molar-refractivity contribution in [1.29, 1.82) is 0 Å². The van der Waals surface area contributed by atoms with Gasteiger partial charge in [0.25, 0.3) is 5.69 Å². The van der Waals surface area contributed by atoms with E-state index in [9.17, 15) is 10.1 Å². The van der Waals surface area contributed by atoms with Gasteiger partial charge in [-0.1, -0.05) is 49.6 Å². The fourth-order valence-electron chi connectivity index (χ4n) is 3.73. The van der Waals surface area contributed by atoms with Crippen molar-refractivity contribution in [2.75, 3.05) is 11.1 Å². The van der Waals surface area contributed by atoms with Crippen LogP contribution in [-0.4, -0.2) is 20.7 Å². The number of benzene rings is 2. The first kappa shape index (κ1) is 18.0. The van der Waals surface area contributed by atoms with Crippen LogP contribution in [0, 0.1) is 10.1 Å². The number of hydrogen-bond donors (Lipinski definition) is 2. The number of non-ortho nitro benzene ring substituents is 1. The summed E-state index contributed by atoms with van der Waals surface area (Å²) < 4.78 is 1.65. The van der Waals surface area contributed by atoms with Gasteiger partial charge in [0.05, 0.1) is 10.6 Å². The summed E-state index contributed by atoms with van der Waals surface area (Å²) in [5.74, 6) is 0.512. The summed E-state index contributed by atoms with van der Waals surface area (Å²) in [5, 5.41) is 19.3.